The molecule has 0 saturated carbocycles. The van der Waals surface area contributed by atoms with Crippen LogP contribution in [0.15, 0.2) is 28.8 Å². The molecule has 1 heterocycles. The van der Waals surface area contributed by atoms with Crippen molar-refractivity contribution in [2.75, 3.05) is 20.3 Å². The van der Waals surface area contributed by atoms with Crippen LogP contribution in [-0.2, 0) is 22.3 Å². The Morgan fingerprint density at radius 2 is 1.96 bits per heavy atom. The predicted octanol–water partition coefficient (Wildman–Crippen LogP) is 3.53. The maximum Gasteiger partial charge on any atom is 0.471 e. The molecule has 0 aliphatic rings. The third kappa shape index (κ3) is 5.29. The van der Waals surface area contributed by atoms with Gasteiger partial charge in [-0.05, 0) is 18.9 Å². The maximum absolute atomic E-state index is 12.5. The van der Waals surface area contributed by atoms with Crippen LogP contribution in [0.3, 0.4) is 0 Å². The normalized spacial score (nSPS) is 11.6. The number of methoxy groups -OCH3 is 1. The molecular weight excluding hydrogens is 351 g/mol. The number of alkyl halides is 3. The van der Waals surface area contributed by atoms with Crippen molar-refractivity contribution in [2.45, 2.75) is 32.5 Å². The Kier molecular flexibility index (Phi) is 6.73. The van der Waals surface area contributed by atoms with Crippen LogP contribution in [-0.4, -0.2) is 41.2 Å². The molecule has 0 atom stereocenters. The molecule has 142 valence electrons. The quantitative estimate of drug-likeness (QED) is 0.664. The Morgan fingerprint density at radius 1 is 1.27 bits per heavy atom. The average Bonchev–Trinajstić information content (AvgIpc) is 3.11. The van der Waals surface area contributed by atoms with E-state index >= 15 is 0 Å². The van der Waals surface area contributed by atoms with Crippen molar-refractivity contribution in [2.24, 2.45) is 0 Å². The second kappa shape index (κ2) is 8.79. The minimum atomic E-state index is -4.67. The maximum atomic E-state index is 12.5. The van der Waals surface area contributed by atoms with Gasteiger partial charge in [-0.2, -0.15) is 18.2 Å². The van der Waals surface area contributed by atoms with E-state index in [-0.39, 0.29) is 11.7 Å². The number of ether oxygens (including phenoxy) is 1. The van der Waals surface area contributed by atoms with Gasteiger partial charge in [-0.3, -0.25) is 4.79 Å². The number of hydrogen-bond acceptors (Lipinski definition) is 5. The molecule has 2 aromatic rings. The molecule has 9 heteroatoms. The van der Waals surface area contributed by atoms with Crippen molar-refractivity contribution < 1.29 is 27.2 Å². The van der Waals surface area contributed by atoms with Crippen LogP contribution in [0.1, 0.15) is 31.2 Å². The van der Waals surface area contributed by atoms with Crippen molar-refractivity contribution in [1.29, 1.82) is 0 Å². The first-order chi connectivity index (χ1) is 12.3. The molecule has 6 nitrogen and oxygen atoms in total. The van der Waals surface area contributed by atoms with E-state index in [0.717, 1.165) is 5.56 Å². The molecule has 0 fully saturated rings. The Labute approximate surface area is 148 Å². The van der Waals surface area contributed by atoms with E-state index in [0.29, 0.717) is 38.1 Å². The third-order valence-corrected chi connectivity index (χ3v) is 3.73. The van der Waals surface area contributed by atoms with Gasteiger partial charge in [0.25, 0.3) is 0 Å². The number of carbonyl (C=O) groups excluding carboxylic acids is 1. The smallest absolute Gasteiger partial charge is 0.385 e. The fourth-order valence-corrected chi connectivity index (χ4v) is 2.34. The molecule has 0 radical (unpaired) electrons. The van der Waals surface area contributed by atoms with Gasteiger partial charge in [0, 0.05) is 38.8 Å². The van der Waals surface area contributed by atoms with Gasteiger partial charge in [-0.25, -0.2) is 0 Å². The number of benzene rings is 1. The van der Waals surface area contributed by atoms with E-state index in [1.54, 1.807) is 36.3 Å². The summed E-state index contributed by atoms with van der Waals surface area (Å²) < 4.78 is 46.7. The highest BCUT2D eigenvalue weighted by atomic mass is 19.4. The van der Waals surface area contributed by atoms with Crippen LogP contribution >= 0.6 is 0 Å². The predicted molar refractivity (Wildman–Crippen MR) is 86.9 cm³/mol. The summed E-state index contributed by atoms with van der Waals surface area (Å²) in [6, 6.07) is 6.65. The lowest BCUT2D eigenvalue weighted by Crippen LogP contribution is -2.30. The Bertz CT molecular complexity index is 714. The van der Waals surface area contributed by atoms with Gasteiger partial charge in [0.2, 0.25) is 11.7 Å². The van der Waals surface area contributed by atoms with Gasteiger partial charge in [-0.1, -0.05) is 29.4 Å². The third-order valence-electron chi connectivity index (χ3n) is 3.73. The Hall–Kier alpha value is -2.42. The fraction of sp³-hybridized carbons (Fsp3) is 0.471. The van der Waals surface area contributed by atoms with Gasteiger partial charge in [-0.15, -0.1) is 0 Å². The van der Waals surface area contributed by atoms with Gasteiger partial charge in [0.1, 0.15) is 0 Å². The van der Waals surface area contributed by atoms with E-state index in [4.69, 9.17) is 4.74 Å². The van der Waals surface area contributed by atoms with E-state index in [2.05, 4.69) is 14.7 Å². The lowest BCUT2D eigenvalue weighted by Gasteiger charge is -2.21. The molecule has 0 bridgehead atoms. The van der Waals surface area contributed by atoms with Gasteiger partial charge < -0.3 is 14.2 Å². The number of rotatable bonds is 8. The molecule has 1 amide bonds. The summed E-state index contributed by atoms with van der Waals surface area (Å²) in [6.07, 6.45) is -3.61. The number of amides is 1. The summed E-state index contributed by atoms with van der Waals surface area (Å²) in [4.78, 5) is 17.2. The lowest BCUT2D eigenvalue weighted by molar-refractivity contribution is -0.159. The number of hydrogen-bond donors (Lipinski definition) is 0. The molecule has 26 heavy (non-hydrogen) atoms. The second-order valence-corrected chi connectivity index (χ2v) is 5.62. The second-order valence-electron chi connectivity index (χ2n) is 5.62. The van der Waals surface area contributed by atoms with Crippen LogP contribution in [0.5, 0.6) is 0 Å². The molecule has 1 aromatic carbocycles. The molecule has 0 aliphatic carbocycles. The number of aromatic nitrogens is 2. The van der Waals surface area contributed by atoms with Crippen LogP contribution in [0.2, 0.25) is 0 Å². The Morgan fingerprint density at radius 3 is 2.50 bits per heavy atom. The highest BCUT2D eigenvalue weighted by Crippen LogP contribution is 2.29. The average molecular weight is 371 g/mol. The summed E-state index contributed by atoms with van der Waals surface area (Å²) in [5, 5.41) is 3.35. The minimum absolute atomic E-state index is 0.0293. The first-order valence-electron chi connectivity index (χ1n) is 8.12. The molecule has 0 unspecified atom stereocenters. The number of nitrogens with zero attached hydrogens (tertiary/aromatic N) is 3. The highest BCUT2D eigenvalue weighted by Gasteiger charge is 2.38. The molecular formula is C17H20F3N3O3. The van der Waals surface area contributed by atoms with Crippen LogP contribution in [0, 0.1) is 0 Å². The molecule has 1 aromatic heterocycles. The molecule has 0 spiro atoms. The van der Waals surface area contributed by atoms with E-state index < -0.39 is 12.1 Å². The van der Waals surface area contributed by atoms with Crippen molar-refractivity contribution in [3.05, 3.63) is 35.7 Å². The van der Waals surface area contributed by atoms with Gasteiger partial charge in [0.05, 0.1) is 0 Å². The molecule has 0 saturated heterocycles. The number of halogens is 3. The first-order valence-corrected chi connectivity index (χ1v) is 8.12. The summed E-state index contributed by atoms with van der Waals surface area (Å²) in [5.74, 6) is -1.48. The number of carbonyl (C=O) groups is 1. The van der Waals surface area contributed by atoms with Gasteiger partial charge >= 0.3 is 12.1 Å². The van der Waals surface area contributed by atoms with Gasteiger partial charge in [0.15, 0.2) is 0 Å². The van der Waals surface area contributed by atoms with Crippen molar-refractivity contribution in [3.8, 4) is 11.4 Å². The zero-order valence-electron chi connectivity index (χ0n) is 14.5. The van der Waals surface area contributed by atoms with Crippen molar-refractivity contribution in [3.63, 3.8) is 0 Å². The standard InChI is InChI=1S/C17H20F3N3O3/c1-3-23(14(24)5-4-10-25-2)11-12-6-8-13(9-7-12)15-21-16(26-22-15)17(18,19)20/h6-9H,3-5,10-11H2,1-2H3. The zero-order valence-corrected chi connectivity index (χ0v) is 14.5. The zero-order chi connectivity index (χ0) is 19.2. The monoisotopic (exact) mass is 371 g/mol. The Balaban J connectivity index is 2.02. The first kappa shape index (κ1) is 19.9. The van der Waals surface area contributed by atoms with Crippen LogP contribution < -0.4 is 0 Å². The summed E-state index contributed by atoms with van der Waals surface area (Å²) in [6.45, 7) is 3.40. The minimum Gasteiger partial charge on any atom is -0.385 e. The lowest BCUT2D eigenvalue weighted by atomic mass is 10.1. The van der Waals surface area contributed by atoms with E-state index in [1.165, 1.54) is 0 Å². The summed E-state index contributed by atoms with van der Waals surface area (Å²) >= 11 is 0. The summed E-state index contributed by atoms with van der Waals surface area (Å²) in [5.41, 5.74) is 1.26. The summed E-state index contributed by atoms with van der Waals surface area (Å²) in [7, 11) is 1.59. The molecule has 0 N–H and O–H groups in total. The largest absolute Gasteiger partial charge is 0.471 e. The molecule has 0 aliphatic heterocycles. The fourth-order valence-electron chi connectivity index (χ4n) is 2.34. The SMILES string of the molecule is CCN(Cc1ccc(-c2noc(C(F)(F)F)n2)cc1)C(=O)CCCOC. The molecule has 2 rings (SSSR count). The van der Waals surface area contributed by atoms with Crippen molar-refractivity contribution >= 4 is 5.91 Å². The topological polar surface area (TPSA) is 68.5 Å². The van der Waals surface area contributed by atoms with E-state index in [9.17, 15) is 18.0 Å². The van der Waals surface area contributed by atoms with E-state index in [1.807, 2.05) is 6.92 Å². The van der Waals surface area contributed by atoms with Crippen molar-refractivity contribution in [1.82, 2.24) is 15.0 Å². The highest BCUT2D eigenvalue weighted by molar-refractivity contribution is 5.76. The van der Waals surface area contributed by atoms with Crippen LogP contribution in [0.25, 0.3) is 11.4 Å². The van der Waals surface area contributed by atoms with Crippen LogP contribution in [0.4, 0.5) is 13.2 Å².